The Labute approximate surface area is 131 Å². The minimum atomic E-state index is -3.09. The summed E-state index contributed by atoms with van der Waals surface area (Å²) < 4.78 is 23.3. The zero-order valence-corrected chi connectivity index (χ0v) is 15.2. The van der Waals surface area contributed by atoms with E-state index in [9.17, 15) is 4.57 Å². The smallest absolute Gasteiger partial charge is 0.306 e. The van der Waals surface area contributed by atoms with Crippen molar-refractivity contribution in [1.82, 2.24) is 0 Å². The Morgan fingerprint density at radius 1 is 0.952 bits per heavy atom. The molecule has 0 aliphatic rings. The SMILES string of the molecule is CCCC/C=C/C(=C/P(=O)(OCC)OCC)CCCCC. The van der Waals surface area contributed by atoms with Gasteiger partial charge in [0.05, 0.1) is 13.2 Å². The van der Waals surface area contributed by atoms with Gasteiger partial charge in [-0.15, -0.1) is 0 Å². The van der Waals surface area contributed by atoms with Crippen LogP contribution in [0.2, 0.25) is 0 Å². The van der Waals surface area contributed by atoms with Crippen molar-refractivity contribution in [3.05, 3.63) is 23.5 Å². The largest absolute Gasteiger partial charge is 0.354 e. The minimum absolute atomic E-state index is 0.398. The molecule has 0 aliphatic carbocycles. The van der Waals surface area contributed by atoms with Gasteiger partial charge in [0.1, 0.15) is 0 Å². The Morgan fingerprint density at radius 3 is 2.10 bits per heavy atom. The molecule has 0 radical (unpaired) electrons. The van der Waals surface area contributed by atoms with E-state index >= 15 is 0 Å². The quantitative estimate of drug-likeness (QED) is 0.222. The second-order valence-electron chi connectivity index (χ2n) is 5.08. The highest BCUT2D eigenvalue weighted by Gasteiger charge is 2.20. The summed E-state index contributed by atoms with van der Waals surface area (Å²) in [4.78, 5) is 0. The standard InChI is InChI=1S/C17H33O3P/c1-5-9-11-13-15-17(14-12-10-6-2)16-21(18,19-7-3)20-8-4/h13,15-16H,5-12,14H2,1-4H3/b15-13+,17-16+. The predicted molar refractivity (Wildman–Crippen MR) is 91.7 cm³/mol. The average Bonchev–Trinajstić information content (AvgIpc) is 2.44. The highest BCUT2D eigenvalue weighted by atomic mass is 31.2. The first-order valence-electron chi connectivity index (χ1n) is 8.38. The van der Waals surface area contributed by atoms with E-state index in [2.05, 4.69) is 26.0 Å². The molecule has 0 rings (SSSR count). The fraction of sp³-hybridized carbons (Fsp3) is 0.765. The van der Waals surface area contributed by atoms with Gasteiger partial charge in [-0.3, -0.25) is 4.57 Å². The fourth-order valence-electron chi connectivity index (χ4n) is 2.00. The Morgan fingerprint density at radius 2 is 1.57 bits per heavy atom. The molecule has 0 saturated carbocycles. The van der Waals surface area contributed by atoms with E-state index in [1.165, 1.54) is 25.7 Å². The number of rotatable bonds is 13. The van der Waals surface area contributed by atoms with Crippen LogP contribution < -0.4 is 0 Å². The topological polar surface area (TPSA) is 35.5 Å². The molecule has 0 fully saturated rings. The van der Waals surface area contributed by atoms with Gasteiger partial charge in [0.25, 0.3) is 0 Å². The van der Waals surface area contributed by atoms with Gasteiger partial charge in [-0.1, -0.05) is 51.7 Å². The molecule has 124 valence electrons. The third-order valence-corrected chi connectivity index (χ3v) is 4.95. The molecule has 3 nitrogen and oxygen atoms in total. The minimum Gasteiger partial charge on any atom is -0.306 e. The number of hydrogen-bond acceptors (Lipinski definition) is 3. The van der Waals surface area contributed by atoms with Crippen molar-refractivity contribution in [2.24, 2.45) is 0 Å². The first kappa shape index (κ1) is 20.6. The lowest BCUT2D eigenvalue weighted by molar-refractivity contribution is 0.228. The maximum absolute atomic E-state index is 12.6. The van der Waals surface area contributed by atoms with Crippen LogP contribution >= 0.6 is 7.60 Å². The second-order valence-corrected chi connectivity index (χ2v) is 6.94. The molecule has 0 N–H and O–H groups in total. The van der Waals surface area contributed by atoms with Crippen LogP contribution in [0.25, 0.3) is 0 Å². The van der Waals surface area contributed by atoms with E-state index in [1.54, 1.807) is 5.82 Å². The van der Waals surface area contributed by atoms with Crippen LogP contribution in [-0.2, 0) is 13.6 Å². The molecule has 0 bridgehead atoms. The van der Waals surface area contributed by atoms with Crippen LogP contribution in [0.15, 0.2) is 23.5 Å². The lowest BCUT2D eigenvalue weighted by atomic mass is 10.1. The van der Waals surface area contributed by atoms with Gasteiger partial charge in [-0.25, -0.2) is 0 Å². The normalized spacial score (nSPS) is 13.2. The van der Waals surface area contributed by atoms with E-state index in [1.807, 2.05) is 13.8 Å². The molecule has 0 unspecified atom stereocenters. The van der Waals surface area contributed by atoms with Crippen LogP contribution in [0, 0.1) is 0 Å². The molecule has 0 amide bonds. The third-order valence-electron chi connectivity index (χ3n) is 3.07. The lowest BCUT2D eigenvalue weighted by Crippen LogP contribution is -1.94. The summed E-state index contributed by atoms with van der Waals surface area (Å²) in [7, 11) is -3.09. The summed E-state index contributed by atoms with van der Waals surface area (Å²) in [6.45, 7) is 8.85. The summed E-state index contributed by atoms with van der Waals surface area (Å²) in [5.41, 5.74) is 1.07. The number of allylic oxidation sites excluding steroid dienone is 3. The van der Waals surface area contributed by atoms with Crippen LogP contribution in [-0.4, -0.2) is 13.2 Å². The van der Waals surface area contributed by atoms with Gasteiger partial charge in [-0.2, -0.15) is 0 Å². The molecule has 0 aromatic carbocycles. The highest BCUT2D eigenvalue weighted by Crippen LogP contribution is 2.51. The van der Waals surface area contributed by atoms with E-state index in [4.69, 9.17) is 9.05 Å². The van der Waals surface area contributed by atoms with Crippen molar-refractivity contribution < 1.29 is 13.6 Å². The van der Waals surface area contributed by atoms with Crippen LogP contribution in [0.4, 0.5) is 0 Å². The van der Waals surface area contributed by atoms with Gasteiger partial charge in [-0.05, 0) is 38.7 Å². The van der Waals surface area contributed by atoms with E-state index in [0.717, 1.165) is 24.8 Å². The van der Waals surface area contributed by atoms with Gasteiger partial charge in [0.15, 0.2) is 0 Å². The van der Waals surface area contributed by atoms with E-state index in [0.29, 0.717) is 13.2 Å². The molecule has 21 heavy (non-hydrogen) atoms. The molecule has 4 heteroatoms. The van der Waals surface area contributed by atoms with Crippen molar-refractivity contribution in [1.29, 1.82) is 0 Å². The van der Waals surface area contributed by atoms with Gasteiger partial charge >= 0.3 is 7.60 Å². The summed E-state index contributed by atoms with van der Waals surface area (Å²) in [6.07, 6.45) is 12.1. The lowest BCUT2D eigenvalue weighted by Gasteiger charge is -2.14. The Bertz CT molecular complexity index is 338. The third kappa shape index (κ3) is 10.9. The Hall–Kier alpha value is -0.370. The first-order chi connectivity index (χ1) is 10.1. The van der Waals surface area contributed by atoms with E-state index < -0.39 is 7.60 Å². The van der Waals surface area contributed by atoms with Gasteiger partial charge in [0.2, 0.25) is 0 Å². The zero-order chi connectivity index (χ0) is 16.0. The first-order valence-corrected chi connectivity index (χ1v) is 10.00. The summed E-state index contributed by atoms with van der Waals surface area (Å²) in [6, 6.07) is 0. The van der Waals surface area contributed by atoms with Crippen LogP contribution in [0.1, 0.15) is 72.6 Å². The Balaban J connectivity index is 4.89. The molecule has 0 aliphatic heterocycles. The van der Waals surface area contributed by atoms with Crippen LogP contribution in [0.5, 0.6) is 0 Å². The maximum Gasteiger partial charge on any atom is 0.354 e. The fourth-order valence-corrected chi connectivity index (χ4v) is 3.57. The molecule has 0 heterocycles. The number of unbranched alkanes of at least 4 members (excludes halogenated alkanes) is 4. The van der Waals surface area contributed by atoms with Gasteiger partial charge in [0, 0.05) is 5.82 Å². The molecular weight excluding hydrogens is 283 g/mol. The number of hydrogen-bond donors (Lipinski definition) is 0. The van der Waals surface area contributed by atoms with Crippen molar-refractivity contribution in [2.75, 3.05) is 13.2 Å². The summed E-state index contributed by atoms with van der Waals surface area (Å²) >= 11 is 0. The van der Waals surface area contributed by atoms with Crippen molar-refractivity contribution in [3.8, 4) is 0 Å². The molecule has 0 aromatic heterocycles. The molecule has 0 saturated heterocycles. The maximum atomic E-state index is 12.6. The van der Waals surface area contributed by atoms with Crippen LogP contribution in [0.3, 0.4) is 0 Å². The van der Waals surface area contributed by atoms with Crippen molar-refractivity contribution in [3.63, 3.8) is 0 Å². The second kappa shape index (κ2) is 13.3. The summed E-state index contributed by atoms with van der Waals surface area (Å²) in [5.74, 6) is 1.72. The van der Waals surface area contributed by atoms with Crippen molar-refractivity contribution >= 4 is 7.60 Å². The zero-order valence-electron chi connectivity index (χ0n) is 14.3. The monoisotopic (exact) mass is 316 g/mol. The molecule has 0 atom stereocenters. The molecular formula is C17H33O3P. The average molecular weight is 316 g/mol. The van der Waals surface area contributed by atoms with Gasteiger partial charge < -0.3 is 9.05 Å². The highest BCUT2D eigenvalue weighted by molar-refractivity contribution is 7.57. The molecule has 0 spiro atoms. The molecule has 0 aromatic rings. The van der Waals surface area contributed by atoms with Crippen molar-refractivity contribution in [2.45, 2.75) is 72.6 Å². The predicted octanol–water partition coefficient (Wildman–Crippen LogP) is 6.46. The summed E-state index contributed by atoms with van der Waals surface area (Å²) in [5, 5.41) is 0. The Kier molecular flexibility index (Phi) is 13.1. The van der Waals surface area contributed by atoms with E-state index in [-0.39, 0.29) is 0 Å².